The van der Waals surface area contributed by atoms with Crippen molar-refractivity contribution in [3.8, 4) is 11.3 Å². The van der Waals surface area contributed by atoms with E-state index in [0.29, 0.717) is 5.69 Å². The van der Waals surface area contributed by atoms with Gasteiger partial charge < -0.3 is 0 Å². The fourth-order valence-corrected chi connectivity index (χ4v) is 7.92. The van der Waals surface area contributed by atoms with E-state index in [9.17, 15) is 8.42 Å². The van der Waals surface area contributed by atoms with Gasteiger partial charge in [0.15, 0.2) is 4.96 Å². The van der Waals surface area contributed by atoms with Gasteiger partial charge in [-0.15, -0.1) is 11.3 Å². The lowest BCUT2D eigenvalue weighted by Gasteiger charge is -2.56. The summed E-state index contributed by atoms with van der Waals surface area (Å²) in [6, 6.07) is 7.34. The highest BCUT2D eigenvalue weighted by atomic mass is 32.2. The zero-order chi connectivity index (χ0) is 19.8. The van der Waals surface area contributed by atoms with Crippen molar-refractivity contribution in [3.05, 3.63) is 41.5 Å². The first-order valence-corrected chi connectivity index (χ1v) is 12.7. The summed E-state index contributed by atoms with van der Waals surface area (Å²) < 4.78 is 27.3. The Morgan fingerprint density at radius 2 is 1.83 bits per heavy atom. The van der Waals surface area contributed by atoms with E-state index in [4.69, 9.17) is 10.1 Å². The summed E-state index contributed by atoms with van der Waals surface area (Å²) in [5, 5.41) is 7.21. The number of nitrogens with one attached hydrogen (secondary N) is 1. The molecule has 4 saturated carbocycles. The third kappa shape index (κ3) is 3.00. The van der Waals surface area contributed by atoms with Gasteiger partial charge >= 0.3 is 0 Å². The molecule has 3 aromatic rings. The summed E-state index contributed by atoms with van der Waals surface area (Å²) in [7, 11) is -3.79. The number of aromatic nitrogens is 2. The van der Waals surface area contributed by atoms with Gasteiger partial charge in [0.2, 0.25) is 0 Å². The molecule has 2 heterocycles. The van der Waals surface area contributed by atoms with Gasteiger partial charge in [-0.25, -0.2) is 10.1 Å². The standard InChI is InChI=1S/C21H24N4O2S2/c22-29(26,27)24-17-3-1-2-16(7-17)18-12-28-20-23-19(11-25(18)20)21-8-13-4-14(9-21)6-15(5-13)10-21/h1-3,7,11-15,24H,4-6,8-10H2,(H2,22,26,27). The molecule has 0 saturated heterocycles. The predicted octanol–water partition coefficient (Wildman–Crippen LogP) is 4.15. The molecule has 4 fully saturated rings. The predicted molar refractivity (Wildman–Crippen MR) is 115 cm³/mol. The minimum atomic E-state index is -3.79. The van der Waals surface area contributed by atoms with Crippen molar-refractivity contribution in [3.63, 3.8) is 0 Å². The Hall–Kier alpha value is -1.90. The fraction of sp³-hybridized carbons (Fsp3) is 0.476. The highest BCUT2D eigenvalue weighted by Crippen LogP contribution is 2.60. The molecule has 2 aromatic heterocycles. The molecule has 0 atom stereocenters. The van der Waals surface area contributed by atoms with Crippen LogP contribution in [0, 0.1) is 17.8 Å². The molecule has 8 heteroatoms. The van der Waals surface area contributed by atoms with E-state index in [1.54, 1.807) is 17.4 Å². The molecular weight excluding hydrogens is 404 g/mol. The van der Waals surface area contributed by atoms with Crippen LogP contribution >= 0.6 is 11.3 Å². The van der Waals surface area contributed by atoms with E-state index >= 15 is 0 Å². The molecule has 152 valence electrons. The fourth-order valence-electron chi connectivity index (χ4n) is 6.58. The third-order valence-corrected chi connectivity index (χ3v) is 8.57. The van der Waals surface area contributed by atoms with Gasteiger partial charge in [-0.1, -0.05) is 12.1 Å². The van der Waals surface area contributed by atoms with Crippen molar-refractivity contribution in [2.24, 2.45) is 22.9 Å². The number of nitrogens with two attached hydrogens (primary N) is 1. The van der Waals surface area contributed by atoms with Crippen molar-refractivity contribution in [1.29, 1.82) is 0 Å². The largest absolute Gasteiger partial charge is 0.296 e. The van der Waals surface area contributed by atoms with Gasteiger partial charge in [-0.05, 0) is 68.4 Å². The zero-order valence-corrected chi connectivity index (χ0v) is 17.7. The molecule has 0 unspecified atom stereocenters. The first-order valence-electron chi connectivity index (χ1n) is 10.2. The molecule has 6 nitrogen and oxygen atoms in total. The van der Waals surface area contributed by atoms with Crippen LogP contribution in [0.15, 0.2) is 35.8 Å². The summed E-state index contributed by atoms with van der Waals surface area (Å²) in [4.78, 5) is 6.09. The maximum atomic E-state index is 11.4. The van der Waals surface area contributed by atoms with E-state index in [0.717, 1.165) is 34.0 Å². The van der Waals surface area contributed by atoms with Crippen molar-refractivity contribution in [2.75, 3.05) is 4.72 Å². The molecular formula is C21H24N4O2S2. The summed E-state index contributed by atoms with van der Waals surface area (Å²) in [6.07, 6.45) is 10.4. The Bertz CT molecular complexity index is 1180. The van der Waals surface area contributed by atoms with Gasteiger partial charge in [-0.2, -0.15) is 8.42 Å². The average molecular weight is 429 g/mol. The third-order valence-electron chi connectivity index (χ3n) is 7.21. The second kappa shape index (κ2) is 6.06. The lowest BCUT2D eigenvalue weighted by molar-refractivity contribution is -0.00696. The summed E-state index contributed by atoms with van der Waals surface area (Å²) in [5.74, 6) is 2.67. The number of fused-ring (bicyclic) bond motifs is 1. The Kier molecular flexibility index (Phi) is 3.74. The maximum absolute atomic E-state index is 11.4. The minimum Gasteiger partial charge on any atom is -0.290 e. The van der Waals surface area contributed by atoms with Gasteiger partial charge in [0.1, 0.15) is 0 Å². The number of benzene rings is 1. The molecule has 0 radical (unpaired) electrons. The van der Waals surface area contributed by atoms with Crippen molar-refractivity contribution >= 4 is 32.2 Å². The molecule has 4 aliphatic carbocycles. The smallest absolute Gasteiger partial charge is 0.290 e. The summed E-state index contributed by atoms with van der Waals surface area (Å²) in [5.41, 5.74) is 3.98. The van der Waals surface area contributed by atoms with Crippen LogP contribution in [0.4, 0.5) is 5.69 Å². The van der Waals surface area contributed by atoms with Crippen LogP contribution in [0.25, 0.3) is 16.2 Å². The Morgan fingerprint density at radius 1 is 1.14 bits per heavy atom. The molecule has 3 N–H and O–H groups in total. The highest BCUT2D eigenvalue weighted by molar-refractivity contribution is 7.90. The number of hydrogen-bond donors (Lipinski definition) is 2. The quantitative estimate of drug-likeness (QED) is 0.654. The van der Waals surface area contributed by atoms with Gasteiger partial charge in [0, 0.05) is 22.6 Å². The molecule has 29 heavy (non-hydrogen) atoms. The number of thiazole rings is 1. The zero-order valence-electron chi connectivity index (χ0n) is 16.0. The average Bonchev–Trinajstić information content (AvgIpc) is 3.20. The minimum absolute atomic E-state index is 0.273. The van der Waals surface area contributed by atoms with Crippen molar-refractivity contribution in [1.82, 2.24) is 9.38 Å². The van der Waals surface area contributed by atoms with E-state index in [1.807, 2.05) is 18.2 Å². The van der Waals surface area contributed by atoms with E-state index in [1.165, 1.54) is 44.2 Å². The Balaban J connectivity index is 1.39. The molecule has 0 amide bonds. The van der Waals surface area contributed by atoms with Crippen LogP contribution < -0.4 is 9.86 Å². The topological polar surface area (TPSA) is 89.5 Å². The van der Waals surface area contributed by atoms with Crippen LogP contribution in [-0.4, -0.2) is 17.8 Å². The lowest BCUT2D eigenvalue weighted by Crippen LogP contribution is -2.48. The van der Waals surface area contributed by atoms with E-state index < -0.39 is 10.2 Å². The first-order chi connectivity index (χ1) is 13.9. The molecule has 7 rings (SSSR count). The number of imidazole rings is 1. The van der Waals surface area contributed by atoms with Crippen LogP contribution in [0.3, 0.4) is 0 Å². The number of hydrogen-bond acceptors (Lipinski definition) is 4. The number of anilines is 1. The van der Waals surface area contributed by atoms with Gasteiger partial charge in [0.25, 0.3) is 10.2 Å². The highest BCUT2D eigenvalue weighted by Gasteiger charge is 2.52. The molecule has 0 spiro atoms. The van der Waals surface area contributed by atoms with E-state index in [2.05, 4.69) is 20.7 Å². The molecule has 0 aliphatic heterocycles. The number of nitrogens with zero attached hydrogens (tertiary/aromatic N) is 2. The number of rotatable bonds is 4. The SMILES string of the molecule is NS(=O)(=O)Nc1cccc(-c2csc3nc(C45CC6CC(CC(C6)C4)C5)cn23)c1. The first kappa shape index (κ1) is 17.9. The van der Waals surface area contributed by atoms with Crippen LogP contribution in [-0.2, 0) is 15.6 Å². The van der Waals surface area contributed by atoms with E-state index in [-0.39, 0.29) is 5.41 Å². The Morgan fingerprint density at radius 3 is 2.48 bits per heavy atom. The second-order valence-electron chi connectivity index (χ2n) is 9.33. The maximum Gasteiger partial charge on any atom is 0.296 e. The van der Waals surface area contributed by atoms with Crippen molar-refractivity contribution < 1.29 is 8.42 Å². The lowest BCUT2D eigenvalue weighted by atomic mass is 9.49. The summed E-state index contributed by atoms with van der Waals surface area (Å²) >= 11 is 1.64. The van der Waals surface area contributed by atoms with Crippen LogP contribution in [0.5, 0.6) is 0 Å². The summed E-state index contributed by atoms with van der Waals surface area (Å²) in [6.45, 7) is 0. The van der Waals surface area contributed by atoms with Gasteiger partial charge in [0.05, 0.1) is 17.1 Å². The van der Waals surface area contributed by atoms with Crippen molar-refractivity contribution in [2.45, 2.75) is 43.9 Å². The second-order valence-corrected chi connectivity index (χ2v) is 11.5. The van der Waals surface area contributed by atoms with Crippen LogP contribution in [0.2, 0.25) is 0 Å². The molecule has 4 bridgehead atoms. The normalized spacial score (nSPS) is 30.9. The molecule has 4 aliphatic rings. The monoisotopic (exact) mass is 428 g/mol. The molecule has 1 aromatic carbocycles. The van der Waals surface area contributed by atoms with Crippen LogP contribution in [0.1, 0.15) is 44.2 Å². The van der Waals surface area contributed by atoms with Gasteiger partial charge in [-0.3, -0.25) is 9.12 Å². The Labute approximate surface area is 174 Å².